The molecule has 0 spiro atoms. The summed E-state index contributed by atoms with van der Waals surface area (Å²) in [4.78, 5) is 3.96. The van der Waals surface area contributed by atoms with E-state index in [1.54, 1.807) is 24.4 Å². The molecule has 0 saturated heterocycles. The van der Waals surface area contributed by atoms with Crippen molar-refractivity contribution >= 4 is 0 Å². The number of hydrogen-bond donors (Lipinski definition) is 1. The number of rotatable bonds is 3. The fourth-order valence-corrected chi connectivity index (χ4v) is 1.59. The summed E-state index contributed by atoms with van der Waals surface area (Å²) < 4.78 is 26.3. The Labute approximate surface area is 97.6 Å². The van der Waals surface area contributed by atoms with Gasteiger partial charge in [-0.05, 0) is 23.8 Å². The predicted octanol–water partition coefficient (Wildman–Crippen LogP) is 2.64. The third-order valence-electron chi connectivity index (χ3n) is 2.47. The summed E-state index contributed by atoms with van der Waals surface area (Å²) in [6.07, 6.45) is 0.605. The van der Waals surface area contributed by atoms with Crippen LogP contribution in [-0.4, -0.2) is 10.1 Å². The Kier molecular flexibility index (Phi) is 3.44. The van der Waals surface area contributed by atoms with Gasteiger partial charge in [0.25, 0.3) is 0 Å². The van der Waals surface area contributed by atoms with Crippen LogP contribution in [0.15, 0.2) is 42.6 Å². The molecule has 4 heteroatoms. The van der Waals surface area contributed by atoms with Gasteiger partial charge in [0.15, 0.2) is 11.6 Å². The lowest BCUT2D eigenvalue weighted by Crippen LogP contribution is -2.06. The number of benzene rings is 1. The van der Waals surface area contributed by atoms with Gasteiger partial charge in [0, 0.05) is 12.6 Å². The second-order valence-corrected chi connectivity index (χ2v) is 3.69. The Morgan fingerprint density at radius 1 is 1.12 bits per heavy atom. The zero-order chi connectivity index (χ0) is 12.3. The van der Waals surface area contributed by atoms with Crippen molar-refractivity contribution in [3.8, 4) is 0 Å². The SMILES string of the molecule is OC(Cc1cccc(F)c1F)c1ccccn1. The summed E-state index contributed by atoms with van der Waals surface area (Å²) in [5.74, 6) is -1.82. The van der Waals surface area contributed by atoms with E-state index in [4.69, 9.17) is 0 Å². The van der Waals surface area contributed by atoms with Crippen LogP contribution in [0.2, 0.25) is 0 Å². The number of pyridine rings is 1. The van der Waals surface area contributed by atoms with Crippen LogP contribution in [0.25, 0.3) is 0 Å². The molecular weight excluding hydrogens is 224 g/mol. The maximum atomic E-state index is 13.4. The summed E-state index contributed by atoms with van der Waals surface area (Å²) >= 11 is 0. The summed E-state index contributed by atoms with van der Waals surface area (Å²) in [5.41, 5.74) is 0.583. The van der Waals surface area contributed by atoms with E-state index in [1.165, 1.54) is 12.1 Å². The topological polar surface area (TPSA) is 33.1 Å². The molecule has 1 heterocycles. The minimum Gasteiger partial charge on any atom is -0.386 e. The summed E-state index contributed by atoms with van der Waals surface area (Å²) in [6.45, 7) is 0. The zero-order valence-electron chi connectivity index (χ0n) is 8.98. The van der Waals surface area contributed by atoms with E-state index in [-0.39, 0.29) is 12.0 Å². The maximum absolute atomic E-state index is 13.4. The molecular formula is C13H11F2NO. The van der Waals surface area contributed by atoms with Gasteiger partial charge >= 0.3 is 0 Å². The van der Waals surface area contributed by atoms with E-state index in [9.17, 15) is 13.9 Å². The second-order valence-electron chi connectivity index (χ2n) is 3.69. The van der Waals surface area contributed by atoms with Gasteiger partial charge in [-0.3, -0.25) is 4.98 Å². The molecule has 0 aliphatic rings. The highest BCUT2D eigenvalue weighted by molar-refractivity contribution is 5.21. The van der Waals surface area contributed by atoms with Crippen molar-refractivity contribution in [1.29, 1.82) is 0 Å². The lowest BCUT2D eigenvalue weighted by atomic mass is 10.0. The van der Waals surface area contributed by atoms with E-state index >= 15 is 0 Å². The highest BCUT2D eigenvalue weighted by Crippen LogP contribution is 2.19. The van der Waals surface area contributed by atoms with Crippen LogP contribution in [0, 0.1) is 11.6 Å². The zero-order valence-corrected chi connectivity index (χ0v) is 8.98. The molecule has 0 fully saturated rings. The number of hydrogen-bond acceptors (Lipinski definition) is 2. The van der Waals surface area contributed by atoms with Gasteiger partial charge in [0.1, 0.15) is 6.10 Å². The average Bonchev–Trinajstić information content (AvgIpc) is 2.36. The normalized spacial score (nSPS) is 12.4. The monoisotopic (exact) mass is 235 g/mol. The molecule has 1 unspecified atom stereocenters. The first-order valence-electron chi connectivity index (χ1n) is 5.20. The summed E-state index contributed by atoms with van der Waals surface area (Å²) in [6, 6.07) is 9.00. The standard InChI is InChI=1S/C13H11F2NO/c14-10-5-3-4-9(13(10)15)8-12(17)11-6-1-2-7-16-11/h1-7,12,17H,8H2. The Morgan fingerprint density at radius 3 is 2.65 bits per heavy atom. The Balaban J connectivity index is 2.19. The van der Waals surface area contributed by atoms with Gasteiger partial charge < -0.3 is 5.11 Å². The second kappa shape index (κ2) is 5.01. The lowest BCUT2D eigenvalue weighted by Gasteiger charge is -2.10. The van der Waals surface area contributed by atoms with Crippen molar-refractivity contribution in [3.63, 3.8) is 0 Å². The third-order valence-corrected chi connectivity index (χ3v) is 2.47. The van der Waals surface area contributed by atoms with E-state index in [1.807, 2.05) is 0 Å². The molecule has 1 aromatic heterocycles. The third kappa shape index (κ3) is 2.65. The van der Waals surface area contributed by atoms with Crippen molar-refractivity contribution in [2.45, 2.75) is 12.5 Å². The van der Waals surface area contributed by atoms with Gasteiger partial charge in [-0.15, -0.1) is 0 Å². The smallest absolute Gasteiger partial charge is 0.162 e. The first-order valence-corrected chi connectivity index (χ1v) is 5.20. The van der Waals surface area contributed by atoms with Crippen LogP contribution in [0.3, 0.4) is 0 Å². The van der Waals surface area contributed by atoms with Gasteiger partial charge in [-0.1, -0.05) is 18.2 Å². The van der Waals surface area contributed by atoms with Crippen molar-refractivity contribution in [2.75, 3.05) is 0 Å². The molecule has 0 aliphatic carbocycles. The Morgan fingerprint density at radius 2 is 1.94 bits per heavy atom. The molecule has 17 heavy (non-hydrogen) atoms. The summed E-state index contributed by atoms with van der Waals surface area (Å²) in [5, 5.41) is 9.84. The highest BCUT2D eigenvalue weighted by Gasteiger charge is 2.14. The minimum absolute atomic E-state index is 0.000602. The summed E-state index contributed by atoms with van der Waals surface area (Å²) in [7, 11) is 0. The molecule has 0 radical (unpaired) electrons. The molecule has 2 aromatic rings. The lowest BCUT2D eigenvalue weighted by molar-refractivity contribution is 0.172. The van der Waals surface area contributed by atoms with E-state index in [0.29, 0.717) is 5.69 Å². The fraction of sp³-hybridized carbons (Fsp3) is 0.154. The Bertz CT molecular complexity index is 502. The van der Waals surface area contributed by atoms with Crippen LogP contribution < -0.4 is 0 Å². The van der Waals surface area contributed by atoms with Crippen LogP contribution >= 0.6 is 0 Å². The number of halogens is 2. The molecule has 0 aliphatic heterocycles. The number of aromatic nitrogens is 1. The molecule has 1 aromatic carbocycles. The molecule has 2 nitrogen and oxygen atoms in total. The highest BCUT2D eigenvalue weighted by atomic mass is 19.2. The van der Waals surface area contributed by atoms with Crippen LogP contribution in [-0.2, 0) is 6.42 Å². The quantitative estimate of drug-likeness (QED) is 0.887. The first kappa shape index (κ1) is 11.7. The molecule has 1 N–H and O–H groups in total. The number of aliphatic hydroxyl groups excluding tert-OH is 1. The molecule has 0 amide bonds. The predicted molar refractivity (Wildman–Crippen MR) is 59.3 cm³/mol. The fourth-order valence-electron chi connectivity index (χ4n) is 1.59. The van der Waals surface area contributed by atoms with E-state index < -0.39 is 17.7 Å². The number of nitrogens with zero attached hydrogens (tertiary/aromatic N) is 1. The maximum Gasteiger partial charge on any atom is 0.162 e. The first-order chi connectivity index (χ1) is 8.18. The molecule has 1 atom stereocenters. The molecule has 0 saturated carbocycles. The van der Waals surface area contributed by atoms with Crippen LogP contribution in [0.5, 0.6) is 0 Å². The van der Waals surface area contributed by atoms with Crippen molar-refractivity contribution in [3.05, 3.63) is 65.5 Å². The van der Waals surface area contributed by atoms with Gasteiger partial charge in [0.05, 0.1) is 5.69 Å². The van der Waals surface area contributed by atoms with Crippen molar-refractivity contribution < 1.29 is 13.9 Å². The Hall–Kier alpha value is -1.81. The number of aliphatic hydroxyl groups is 1. The van der Waals surface area contributed by atoms with Gasteiger partial charge in [0.2, 0.25) is 0 Å². The van der Waals surface area contributed by atoms with E-state index in [2.05, 4.69) is 4.98 Å². The van der Waals surface area contributed by atoms with Crippen molar-refractivity contribution in [1.82, 2.24) is 4.98 Å². The largest absolute Gasteiger partial charge is 0.386 e. The van der Waals surface area contributed by atoms with Gasteiger partial charge in [-0.25, -0.2) is 8.78 Å². The molecule has 88 valence electrons. The van der Waals surface area contributed by atoms with E-state index in [0.717, 1.165) is 6.07 Å². The van der Waals surface area contributed by atoms with Crippen LogP contribution in [0.1, 0.15) is 17.4 Å². The van der Waals surface area contributed by atoms with Crippen molar-refractivity contribution in [2.24, 2.45) is 0 Å². The van der Waals surface area contributed by atoms with Crippen LogP contribution in [0.4, 0.5) is 8.78 Å². The molecule has 0 bridgehead atoms. The van der Waals surface area contributed by atoms with Gasteiger partial charge in [-0.2, -0.15) is 0 Å². The average molecular weight is 235 g/mol. The minimum atomic E-state index is -0.938. The molecule has 2 rings (SSSR count).